The lowest BCUT2D eigenvalue weighted by molar-refractivity contribution is -0.140. The van der Waals surface area contributed by atoms with Crippen LogP contribution >= 0.6 is 0 Å². The maximum absolute atomic E-state index is 13.2. The molecule has 0 saturated carbocycles. The van der Waals surface area contributed by atoms with Gasteiger partial charge in [0, 0.05) is 6.54 Å². The first-order valence-corrected chi connectivity index (χ1v) is 12.6. The fourth-order valence-electron chi connectivity index (χ4n) is 6.09. The van der Waals surface area contributed by atoms with Crippen molar-refractivity contribution in [1.82, 2.24) is 4.90 Å². The Kier molecular flexibility index (Phi) is 7.80. The number of fused-ring (bicyclic) bond motifs is 3. The Morgan fingerprint density at radius 3 is 2.65 bits per heavy atom. The van der Waals surface area contributed by atoms with E-state index in [-0.39, 0.29) is 42.3 Å². The largest absolute Gasteiger partial charge is 0.459 e. The van der Waals surface area contributed by atoms with Crippen LogP contribution in [0.25, 0.3) is 6.08 Å². The maximum Gasteiger partial charge on any atom is 0.455 e. The second-order valence-corrected chi connectivity index (χ2v) is 9.88. The number of rotatable bonds is 9. The SMILES string of the molecule is CCC/C(=C\c1ccc(CO)o1)CC[C@H]1OB(O)C[C@H]2C1=C(C)C[C@H]1C(=O)N(CCC)C(=O)[C@H]12. The molecule has 4 atom stereocenters. The van der Waals surface area contributed by atoms with Crippen molar-refractivity contribution < 1.29 is 28.8 Å². The van der Waals surface area contributed by atoms with Gasteiger partial charge in [0.05, 0.1) is 17.9 Å². The molecule has 2 saturated heterocycles. The first-order valence-electron chi connectivity index (χ1n) is 12.6. The van der Waals surface area contributed by atoms with Crippen LogP contribution in [0.4, 0.5) is 0 Å². The van der Waals surface area contributed by atoms with E-state index in [1.807, 2.05) is 19.1 Å². The number of hydrogen-bond donors (Lipinski definition) is 2. The van der Waals surface area contributed by atoms with E-state index in [2.05, 4.69) is 13.8 Å². The Balaban J connectivity index is 1.55. The van der Waals surface area contributed by atoms with Gasteiger partial charge in [-0.15, -0.1) is 0 Å². The average molecular weight is 469 g/mol. The smallest absolute Gasteiger partial charge is 0.455 e. The number of carbonyl (C=O) groups excluding carboxylic acids is 2. The molecule has 184 valence electrons. The number of aliphatic hydroxyl groups excluding tert-OH is 1. The van der Waals surface area contributed by atoms with Gasteiger partial charge in [0.2, 0.25) is 11.8 Å². The molecule has 2 fully saturated rings. The van der Waals surface area contributed by atoms with E-state index >= 15 is 0 Å². The number of imide groups is 1. The zero-order chi connectivity index (χ0) is 24.4. The summed E-state index contributed by atoms with van der Waals surface area (Å²) in [6.07, 6.45) is 6.81. The predicted octanol–water partition coefficient (Wildman–Crippen LogP) is 3.96. The number of aliphatic hydroxyl groups is 1. The van der Waals surface area contributed by atoms with E-state index in [4.69, 9.17) is 9.07 Å². The third-order valence-electron chi connectivity index (χ3n) is 7.47. The van der Waals surface area contributed by atoms with Gasteiger partial charge in [0.15, 0.2) is 0 Å². The summed E-state index contributed by atoms with van der Waals surface area (Å²) in [4.78, 5) is 27.6. The average Bonchev–Trinajstić information content (AvgIpc) is 3.35. The third kappa shape index (κ3) is 4.81. The second kappa shape index (κ2) is 10.6. The molecule has 0 spiro atoms. The minimum Gasteiger partial charge on any atom is -0.459 e. The van der Waals surface area contributed by atoms with Gasteiger partial charge >= 0.3 is 7.12 Å². The van der Waals surface area contributed by atoms with Crippen LogP contribution in [0, 0.1) is 17.8 Å². The molecule has 4 rings (SSSR count). The highest BCUT2D eigenvalue weighted by molar-refractivity contribution is 6.43. The van der Waals surface area contributed by atoms with Crippen LogP contribution in [0.15, 0.2) is 33.3 Å². The van der Waals surface area contributed by atoms with Crippen LogP contribution in [-0.2, 0) is 20.9 Å². The first kappa shape index (κ1) is 25.0. The summed E-state index contributed by atoms with van der Waals surface area (Å²) in [5.41, 5.74) is 3.46. The number of amides is 2. The highest BCUT2D eigenvalue weighted by Crippen LogP contribution is 2.50. The van der Waals surface area contributed by atoms with E-state index < -0.39 is 7.12 Å². The molecule has 1 aromatic heterocycles. The van der Waals surface area contributed by atoms with Gasteiger partial charge in [0.1, 0.15) is 18.1 Å². The molecule has 7 nitrogen and oxygen atoms in total. The highest BCUT2D eigenvalue weighted by atomic mass is 16.5. The van der Waals surface area contributed by atoms with E-state index in [1.54, 1.807) is 6.07 Å². The first-order chi connectivity index (χ1) is 16.4. The van der Waals surface area contributed by atoms with Crippen LogP contribution in [0.1, 0.15) is 70.8 Å². The van der Waals surface area contributed by atoms with Crippen molar-refractivity contribution in [3.8, 4) is 0 Å². The quantitative estimate of drug-likeness (QED) is 0.323. The molecule has 2 amide bonds. The topological polar surface area (TPSA) is 100 Å². The summed E-state index contributed by atoms with van der Waals surface area (Å²) < 4.78 is 11.7. The van der Waals surface area contributed by atoms with Crippen molar-refractivity contribution in [2.24, 2.45) is 17.8 Å². The standard InChI is InChI=1S/C26H36BNO6/c1-4-6-17(13-18-8-9-19(15-29)33-18)7-10-22-23-16(3)12-20-24(21(23)14-27(32)34-22)26(31)28(11-5-2)25(20)30/h8-9,13,20-22,24,29,32H,4-7,10-12,14-15H2,1-3H3/b17-13+/t20-,21+,22-,24-/m1/s1. The van der Waals surface area contributed by atoms with E-state index in [0.717, 1.165) is 42.6 Å². The lowest BCUT2D eigenvalue weighted by Crippen LogP contribution is -2.46. The number of allylic oxidation sites excluding steroid dienone is 2. The molecule has 0 bridgehead atoms. The normalized spacial score (nSPS) is 27.5. The van der Waals surface area contributed by atoms with Gasteiger partial charge < -0.3 is 19.2 Å². The van der Waals surface area contributed by atoms with Gasteiger partial charge in [0.25, 0.3) is 0 Å². The van der Waals surface area contributed by atoms with Crippen molar-refractivity contribution >= 4 is 25.0 Å². The molecular weight excluding hydrogens is 433 g/mol. The van der Waals surface area contributed by atoms with Crippen LogP contribution in [0.2, 0.25) is 6.32 Å². The van der Waals surface area contributed by atoms with Crippen LogP contribution in [0.5, 0.6) is 0 Å². The molecule has 0 unspecified atom stereocenters. The second-order valence-electron chi connectivity index (χ2n) is 9.88. The Bertz CT molecular complexity index is 982. The Labute approximate surface area is 202 Å². The van der Waals surface area contributed by atoms with Gasteiger partial charge in [-0.3, -0.25) is 14.5 Å². The molecule has 3 aliphatic rings. The number of carbonyl (C=O) groups is 2. The van der Waals surface area contributed by atoms with Crippen molar-refractivity contribution in [3.05, 3.63) is 40.4 Å². The van der Waals surface area contributed by atoms with Gasteiger partial charge in [-0.05, 0) is 75.0 Å². The summed E-state index contributed by atoms with van der Waals surface area (Å²) in [7, 11) is -0.941. The number of likely N-dealkylation sites (tertiary alicyclic amines) is 1. The number of hydrogen-bond acceptors (Lipinski definition) is 6. The summed E-state index contributed by atoms with van der Waals surface area (Å²) in [5, 5.41) is 19.8. The summed E-state index contributed by atoms with van der Waals surface area (Å²) in [6, 6.07) is 3.63. The molecule has 3 heterocycles. The lowest BCUT2D eigenvalue weighted by atomic mass is 9.58. The Morgan fingerprint density at radius 2 is 1.97 bits per heavy atom. The minimum atomic E-state index is -0.941. The zero-order valence-electron chi connectivity index (χ0n) is 20.5. The van der Waals surface area contributed by atoms with E-state index in [1.165, 1.54) is 10.5 Å². The van der Waals surface area contributed by atoms with Gasteiger partial charge in [-0.1, -0.05) is 31.4 Å². The molecule has 34 heavy (non-hydrogen) atoms. The zero-order valence-corrected chi connectivity index (χ0v) is 20.5. The van der Waals surface area contributed by atoms with Crippen molar-refractivity contribution in [2.45, 2.75) is 78.3 Å². The van der Waals surface area contributed by atoms with Crippen LogP contribution < -0.4 is 0 Å². The summed E-state index contributed by atoms with van der Waals surface area (Å²) >= 11 is 0. The molecule has 2 aliphatic heterocycles. The predicted molar refractivity (Wildman–Crippen MR) is 129 cm³/mol. The summed E-state index contributed by atoms with van der Waals surface area (Å²) in [6.45, 7) is 6.49. The molecular formula is C26H36BNO6. The number of nitrogens with zero attached hydrogens (tertiary/aromatic N) is 1. The van der Waals surface area contributed by atoms with Crippen molar-refractivity contribution in [3.63, 3.8) is 0 Å². The van der Waals surface area contributed by atoms with E-state index in [0.29, 0.717) is 31.5 Å². The molecule has 8 heteroatoms. The fraction of sp³-hybridized carbons (Fsp3) is 0.615. The molecule has 1 aromatic rings. The van der Waals surface area contributed by atoms with Crippen LogP contribution in [0.3, 0.4) is 0 Å². The van der Waals surface area contributed by atoms with Crippen LogP contribution in [-0.4, -0.2) is 46.6 Å². The molecule has 0 radical (unpaired) electrons. The minimum absolute atomic E-state index is 0.0540. The summed E-state index contributed by atoms with van der Waals surface area (Å²) in [5.74, 6) is 0.275. The molecule has 0 aromatic carbocycles. The van der Waals surface area contributed by atoms with Crippen molar-refractivity contribution in [2.75, 3.05) is 6.54 Å². The fourth-order valence-corrected chi connectivity index (χ4v) is 6.09. The lowest BCUT2D eigenvalue weighted by Gasteiger charge is -2.42. The number of furan rings is 1. The van der Waals surface area contributed by atoms with E-state index in [9.17, 15) is 19.7 Å². The van der Waals surface area contributed by atoms with Crippen molar-refractivity contribution in [1.29, 1.82) is 0 Å². The third-order valence-corrected chi connectivity index (χ3v) is 7.47. The highest BCUT2D eigenvalue weighted by Gasteiger charge is 2.56. The molecule has 2 N–H and O–H groups in total. The Morgan fingerprint density at radius 1 is 1.18 bits per heavy atom. The molecule has 1 aliphatic carbocycles. The van der Waals surface area contributed by atoms with Gasteiger partial charge in [-0.25, -0.2) is 0 Å². The monoisotopic (exact) mass is 469 g/mol. The maximum atomic E-state index is 13.2. The Hall–Kier alpha value is -2.16. The van der Waals surface area contributed by atoms with Gasteiger partial charge in [-0.2, -0.15) is 0 Å².